The van der Waals surface area contributed by atoms with Crippen LogP contribution >= 0.6 is 0 Å². The van der Waals surface area contributed by atoms with E-state index in [2.05, 4.69) is 28.3 Å². The summed E-state index contributed by atoms with van der Waals surface area (Å²) in [5.41, 5.74) is 3.47. The predicted octanol–water partition coefficient (Wildman–Crippen LogP) is 2.19. The number of aryl methyl sites for hydroxylation is 1. The monoisotopic (exact) mass is 382 g/mol. The molecule has 7 nitrogen and oxygen atoms in total. The number of hydrogen-bond acceptors (Lipinski definition) is 3. The summed E-state index contributed by atoms with van der Waals surface area (Å²) in [6.07, 6.45) is 6.08. The standard InChI is InChI=1S/C21H30N6O/c1-4-22-21(25(2)15-17-14-24-26(3)16-17)23-12-7-10-20(28)27-13-11-18-8-5-6-9-19(18)27/h5-6,8-9,14,16H,4,7,10-13,15H2,1-3H3,(H,22,23). The number of anilines is 1. The maximum Gasteiger partial charge on any atom is 0.227 e. The molecule has 0 unspecified atom stereocenters. The third-order valence-electron chi connectivity index (χ3n) is 4.87. The quantitative estimate of drug-likeness (QED) is 0.453. The molecule has 0 spiro atoms. The fourth-order valence-corrected chi connectivity index (χ4v) is 3.52. The molecule has 0 saturated heterocycles. The van der Waals surface area contributed by atoms with Gasteiger partial charge in [-0.25, -0.2) is 0 Å². The minimum atomic E-state index is 0.189. The molecule has 1 aromatic heterocycles. The van der Waals surface area contributed by atoms with Crippen molar-refractivity contribution >= 4 is 17.6 Å². The van der Waals surface area contributed by atoms with Crippen LogP contribution in [-0.2, 0) is 24.8 Å². The summed E-state index contributed by atoms with van der Waals surface area (Å²) in [6, 6.07) is 8.17. The highest BCUT2D eigenvalue weighted by Crippen LogP contribution is 2.28. The molecule has 0 radical (unpaired) electrons. The number of para-hydroxylation sites is 1. The van der Waals surface area contributed by atoms with Gasteiger partial charge >= 0.3 is 0 Å². The Bertz CT molecular complexity index is 828. The number of carbonyl (C=O) groups excluding carboxylic acids is 1. The van der Waals surface area contributed by atoms with Crippen LogP contribution in [0.5, 0.6) is 0 Å². The first-order chi connectivity index (χ1) is 13.6. The second-order valence-corrected chi connectivity index (χ2v) is 7.14. The number of amides is 1. The molecule has 0 aliphatic carbocycles. The smallest absolute Gasteiger partial charge is 0.227 e. The Morgan fingerprint density at radius 2 is 2.18 bits per heavy atom. The molecule has 28 heavy (non-hydrogen) atoms. The Hall–Kier alpha value is -2.83. The van der Waals surface area contributed by atoms with Crippen molar-refractivity contribution in [2.24, 2.45) is 12.0 Å². The van der Waals surface area contributed by atoms with Crippen LogP contribution in [0, 0.1) is 0 Å². The highest BCUT2D eigenvalue weighted by Gasteiger charge is 2.23. The minimum absolute atomic E-state index is 0.189. The fraction of sp³-hybridized carbons (Fsp3) is 0.476. The Kier molecular flexibility index (Phi) is 6.68. The lowest BCUT2D eigenvalue weighted by Crippen LogP contribution is -2.38. The van der Waals surface area contributed by atoms with Crippen LogP contribution in [0.1, 0.15) is 30.9 Å². The molecule has 0 fully saturated rings. The number of aliphatic imine (C=N–C) groups is 1. The first-order valence-electron chi connectivity index (χ1n) is 9.93. The molecule has 0 bridgehead atoms. The van der Waals surface area contributed by atoms with Gasteiger partial charge in [-0.15, -0.1) is 0 Å². The van der Waals surface area contributed by atoms with E-state index in [4.69, 9.17) is 4.99 Å². The molecule has 150 valence electrons. The maximum atomic E-state index is 12.6. The normalized spacial score (nSPS) is 13.5. The predicted molar refractivity (Wildman–Crippen MR) is 112 cm³/mol. The van der Waals surface area contributed by atoms with E-state index in [9.17, 15) is 4.79 Å². The first-order valence-corrected chi connectivity index (χ1v) is 9.93. The summed E-state index contributed by atoms with van der Waals surface area (Å²) in [5.74, 6) is 1.04. The van der Waals surface area contributed by atoms with Gasteiger partial charge in [0.05, 0.1) is 6.20 Å². The summed E-state index contributed by atoms with van der Waals surface area (Å²) in [6.45, 7) is 5.02. The van der Waals surface area contributed by atoms with Gasteiger partial charge < -0.3 is 15.1 Å². The van der Waals surface area contributed by atoms with Crippen molar-refractivity contribution in [1.29, 1.82) is 0 Å². The second kappa shape index (κ2) is 9.39. The average molecular weight is 383 g/mol. The third-order valence-corrected chi connectivity index (χ3v) is 4.87. The Morgan fingerprint density at radius 3 is 2.93 bits per heavy atom. The topological polar surface area (TPSA) is 65.8 Å². The summed E-state index contributed by atoms with van der Waals surface area (Å²) >= 11 is 0. The number of nitrogens with one attached hydrogen (secondary N) is 1. The number of benzene rings is 1. The van der Waals surface area contributed by atoms with Crippen LogP contribution in [-0.4, -0.2) is 53.2 Å². The van der Waals surface area contributed by atoms with Crippen molar-refractivity contribution in [3.05, 3.63) is 47.8 Å². The molecule has 1 aromatic carbocycles. The lowest BCUT2D eigenvalue weighted by molar-refractivity contribution is -0.118. The molecule has 1 amide bonds. The molecular weight excluding hydrogens is 352 g/mol. The van der Waals surface area contributed by atoms with Crippen LogP contribution in [0.15, 0.2) is 41.7 Å². The molecule has 0 saturated carbocycles. The molecule has 0 atom stereocenters. The van der Waals surface area contributed by atoms with E-state index < -0.39 is 0 Å². The molecule has 3 rings (SSSR count). The van der Waals surface area contributed by atoms with Gasteiger partial charge in [0.1, 0.15) is 0 Å². The zero-order chi connectivity index (χ0) is 19.9. The number of nitrogens with zero attached hydrogens (tertiary/aromatic N) is 5. The van der Waals surface area contributed by atoms with Crippen molar-refractivity contribution in [3.63, 3.8) is 0 Å². The highest BCUT2D eigenvalue weighted by atomic mass is 16.2. The molecular formula is C21H30N6O. The van der Waals surface area contributed by atoms with Crippen molar-refractivity contribution in [2.75, 3.05) is 31.6 Å². The van der Waals surface area contributed by atoms with Crippen LogP contribution in [0.4, 0.5) is 5.69 Å². The van der Waals surface area contributed by atoms with Gasteiger partial charge in [-0.1, -0.05) is 18.2 Å². The number of hydrogen-bond donors (Lipinski definition) is 1. The van der Waals surface area contributed by atoms with Gasteiger partial charge in [0.25, 0.3) is 0 Å². The van der Waals surface area contributed by atoms with E-state index in [1.807, 2.05) is 49.6 Å². The Labute approximate surface area is 167 Å². The number of carbonyl (C=O) groups is 1. The number of fused-ring (bicyclic) bond motifs is 1. The van der Waals surface area contributed by atoms with Crippen LogP contribution in [0.2, 0.25) is 0 Å². The van der Waals surface area contributed by atoms with E-state index in [1.165, 1.54) is 5.56 Å². The van der Waals surface area contributed by atoms with E-state index >= 15 is 0 Å². The lowest BCUT2D eigenvalue weighted by Gasteiger charge is -2.21. The van der Waals surface area contributed by atoms with E-state index in [1.54, 1.807) is 4.68 Å². The third kappa shape index (κ3) is 4.91. The van der Waals surface area contributed by atoms with Gasteiger partial charge in [0, 0.05) is 64.1 Å². The van der Waals surface area contributed by atoms with Crippen LogP contribution in [0.3, 0.4) is 0 Å². The SMILES string of the molecule is CCNC(=NCCCC(=O)N1CCc2ccccc21)N(C)Cc1cnn(C)c1. The van der Waals surface area contributed by atoms with Gasteiger partial charge in [0.15, 0.2) is 5.96 Å². The van der Waals surface area contributed by atoms with Gasteiger partial charge in [0.2, 0.25) is 5.91 Å². The Morgan fingerprint density at radius 1 is 1.36 bits per heavy atom. The number of rotatable bonds is 7. The maximum absolute atomic E-state index is 12.6. The van der Waals surface area contributed by atoms with E-state index in [0.717, 1.165) is 49.7 Å². The Balaban J connectivity index is 1.50. The zero-order valence-electron chi connectivity index (χ0n) is 17.1. The van der Waals surface area contributed by atoms with Gasteiger partial charge in [-0.3, -0.25) is 14.5 Å². The van der Waals surface area contributed by atoms with Crippen molar-refractivity contribution in [3.8, 4) is 0 Å². The summed E-state index contributed by atoms with van der Waals surface area (Å²) in [7, 11) is 3.93. The average Bonchev–Trinajstić information content (AvgIpc) is 3.30. The van der Waals surface area contributed by atoms with Crippen molar-refractivity contribution in [1.82, 2.24) is 20.0 Å². The second-order valence-electron chi connectivity index (χ2n) is 7.14. The molecule has 1 aliphatic rings. The molecule has 2 aromatic rings. The first kappa shape index (κ1) is 19.9. The lowest BCUT2D eigenvalue weighted by atomic mass is 10.2. The van der Waals surface area contributed by atoms with Crippen molar-refractivity contribution in [2.45, 2.75) is 32.7 Å². The van der Waals surface area contributed by atoms with Crippen LogP contribution < -0.4 is 10.2 Å². The fourth-order valence-electron chi connectivity index (χ4n) is 3.52. The summed E-state index contributed by atoms with van der Waals surface area (Å²) in [5, 5.41) is 7.53. The minimum Gasteiger partial charge on any atom is -0.357 e. The molecule has 2 heterocycles. The van der Waals surface area contributed by atoms with Gasteiger partial charge in [-0.05, 0) is 31.4 Å². The van der Waals surface area contributed by atoms with Crippen molar-refractivity contribution < 1.29 is 4.79 Å². The zero-order valence-corrected chi connectivity index (χ0v) is 17.1. The molecule has 1 aliphatic heterocycles. The van der Waals surface area contributed by atoms with E-state index in [0.29, 0.717) is 13.0 Å². The largest absolute Gasteiger partial charge is 0.357 e. The highest BCUT2D eigenvalue weighted by molar-refractivity contribution is 5.95. The number of aromatic nitrogens is 2. The summed E-state index contributed by atoms with van der Waals surface area (Å²) in [4.78, 5) is 21.3. The summed E-state index contributed by atoms with van der Waals surface area (Å²) < 4.78 is 1.80. The molecule has 1 N–H and O–H groups in total. The number of guanidine groups is 1. The van der Waals surface area contributed by atoms with Gasteiger partial charge in [-0.2, -0.15) is 5.10 Å². The van der Waals surface area contributed by atoms with E-state index in [-0.39, 0.29) is 5.91 Å². The molecule has 7 heteroatoms. The van der Waals surface area contributed by atoms with Crippen LogP contribution in [0.25, 0.3) is 0 Å².